The van der Waals surface area contributed by atoms with E-state index in [0.717, 1.165) is 12.1 Å². The standard InChI is InChI=1S/C7H8ClNO/c8-6-4-1-2-5(3-4)7(6)9-10/h1-2,4-6,10H,3H2/b9-7+/t4-,5-,6+/m0/s1. The van der Waals surface area contributed by atoms with E-state index >= 15 is 0 Å². The van der Waals surface area contributed by atoms with Crippen LogP contribution in [0.1, 0.15) is 6.42 Å². The molecule has 0 aromatic heterocycles. The highest BCUT2D eigenvalue weighted by Crippen LogP contribution is 2.39. The van der Waals surface area contributed by atoms with Gasteiger partial charge in [-0.1, -0.05) is 17.3 Å². The third kappa shape index (κ3) is 0.626. The summed E-state index contributed by atoms with van der Waals surface area (Å²) in [5.41, 5.74) is 0.745. The Labute approximate surface area is 64.2 Å². The number of halogens is 1. The monoisotopic (exact) mass is 157 g/mol. The highest BCUT2D eigenvalue weighted by atomic mass is 35.5. The van der Waals surface area contributed by atoms with Gasteiger partial charge in [-0.3, -0.25) is 0 Å². The van der Waals surface area contributed by atoms with Gasteiger partial charge in [0.05, 0.1) is 11.1 Å². The maximum Gasteiger partial charge on any atom is 0.0823 e. The van der Waals surface area contributed by atoms with Gasteiger partial charge < -0.3 is 5.21 Å². The molecular weight excluding hydrogens is 150 g/mol. The van der Waals surface area contributed by atoms with E-state index in [9.17, 15) is 0 Å². The van der Waals surface area contributed by atoms with E-state index < -0.39 is 0 Å². The van der Waals surface area contributed by atoms with Crippen molar-refractivity contribution in [3.8, 4) is 0 Å². The van der Waals surface area contributed by atoms with Crippen LogP contribution in [0, 0.1) is 11.8 Å². The predicted molar refractivity (Wildman–Crippen MR) is 39.6 cm³/mol. The third-order valence-corrected chi connectivity index (χ3v) is 2.82. The Bertz CT molecular complexity index is 212. The van der Waals surface area contributed by atoms with Gasteiger partial charge in [-0.25, -0.2) is 0 Å². The normalized spacial score (nSPS) is 47.3. The Kier molecular flexibility index (Phi) is 1.24. The molecule has 0 radical (unpaired) electrons. The first-order valence-electron chi connectivity index (χ1n) is 3.37. The first-order valence-corrected chi connectivity index (χ1v) is 3.81. The van der Waals surface area contributed by atoms with Crippen molar-refractivity contribution in [1.29, 1.82) is 0 Å². The van der Waals surface area contributed by atoms with Crippen molar-refractivity contribution in [1.82, 2.24) is 0 Å². The van der Waals surface area contributed by atoms with Gasteiger partial charge in [-0.05, 0) is 12.3 Å². The summed E-state index contributed by atoms with van der Waals surface area (Å²) < 4.78 is 0. The minimum absolute atomic E-state index is 0.0556. The molecular formula is C7H8ClNO. The summed E-state index contributed by atoms with van der Waals surface area (Å²) in [4.78, 5) is 0. The highest BCUT2D eigenvalue weighted by Gasteiger charge is 2.40. The van der Waals surface area contributed by atoms with Crippen LogP contribution >= 0.6 is 11.6 Å². The first-order chi connectivity index (χ1) is 4.83. The Hall–Kier alpha value is -0.500. The number of fused-ring (bicyclic) bond motifs is 2. The molecule has 0 spiro atoms. The Morgan fingerprint density at radius 2 is 2.40 bits per heavy atom. The average molecular weight is 158 g/mol. The molecule has 1 fully saturated rings. The summed E-state index contributed by atoms with van der Waals surface area (Å²) in [5, 5.41) is 11.7. The lowest BCUT2D eigenvalue weighted by Gasteiger charge is -2.10. The van der Waals surface area contributed by atoms with Crippen LogP contribution in [0.2, 0.25) is 0 Å². The summed E-state index contributed by atoms with van der Waals surface area (Å²) in [6.07, 6.45) is 5.21. The number of hydrogen-bond donors (Lipinski definition) is 1. The van der Waals surface area contributed by atoms with Crippen molar-refractivity contribution >= 4 is 17.3 Å². The molecule has 0 unspecified atom stereocenters. The van der Waals surface area contributed by atoms with Gasteiger partial charge in [0, 0.05) is 5.92 Å². The first kappa shape index (κ1) is 6.23. The second kappa shape index (κ2) is 1.99. The van der Waals surface area contributed by atoms with Crippen molar-refractivity contribution in [2.24, 2.45) is 17.0 Å². The second-order valence-electron chi connectivity index (χ2n) is 2.82. The molecule has 3 atom stereocenters. The quantitative estimate of drug-likeness (QED) is 0.247. The van der Waals surface area contributed by atoms with E-state index in [0.29, 0.717) is 11.8 Å². The van der Waals surface area contributed by atoms with E-state index in [1.807, 2.05) is 0 Å². The molecule has 0 aromatic carbocycles. The minimum Gasteiger partial charge on any atom is -0.411 e. The molecule has 2 rings (SSSR count). The van der Waals surface area contributed by atoms with E-state index in [4.69, 9.17) is 16.8 Å². The summed E-state index contributed by atoms with van der Waals surface area (Å²) in [6.45, 7) is 0. The van der Waals surface area contributed by atoms with Crippen LogP contribution in [0.5, 0.6) is 0 Å². The van der Waals surface area contributed by atoms with E-state index in [1.165, 1.54) is 0 Å². The van der Waals surface area contributed by atoms with Crippen molar-refractivity contribution in [3.63, 3.8) is 0 Å². The molecule has 2 nitrogen and oxygen atoms in total. The van der Waals surface area contributed by atoms with Gasteiger partial charge >= 0.3 is 0 Å². The molecule has 2 aliphatic carbocycles. The molecule has 0 aliphatic heterocycles. The van der Waals surface area contributed by atoms with Gasteiger partial charge in [-0.2, -0.15) is 0 Å². The van der Waals surface area contributed by atoms with Crippen LogP contribution < -0.4 is 0 Å². The number of rotatable bonds is 0. The maximum absolute atomic E-state index is 8.53. The summed E-state index contributed by atoms with van der Waals surface area (Å²) in [7, 11) is 0. The van der Waals surface area contributed by atoms with Crippen molar-refractivity contribution in [2.45, 2.75) is 11.8 Å². The van der Waals surface area contributed by atoms with Crippen LogP contribution in [0.4, 0.5) is 0 Å². The fourth-order valence-corrected chi connectivity index (χ4v) is 2.11. The molecule has 1 saturated carbocycles. The topological polar surface area (TPSA) is 32.6 Å². The lowest BCUT2D eigenvalue weighted by Crippen LogP contribution is -2.19. The fraction of sp³-hybridized carbons (Fsp3) is 0.571. The molecule has 2 aliphatic rings. The zero-order chi connectivity index (χ0) is 7.14. The van der Waals surface area contributed by atoms with Crippen molar-refractivity contribution in [3.05, 3.63) is 12.2 Å². The van der Waals surface area contributed by atoms with Crippen LogP contribution in [0.3, 0.4) is 0 Å². The van der Waals surface area contributed by atoms with Crippen LogP contribution in [0.25, 0.3) is 0 Å². The molecule has 0 aromatic rings. The van der Waals surface area contributed by atoms with Crippen molar-refractivity contribution < 1.29 is 5.21 Å². The summed E-state index contributed by atoms with van der Waals surface area (Å²) in [5.74, 6) is 0.732. The Morgan fingerprint density at radius 3 is 2.80 bits per heavy atom. The molecule has 10 heavy (non-hydrogen) atoms. The van der Waals surface area contributed by atoms with E-state index in [1.54, 1.807) is 0 Å². The zero-order valence-electron chi connectivity index (χ0n) is 5.37. The molecule has 54 valence electrons. The smallest absolute Gasteiger partial charge is 0.0823 e. The SMILES string of the molecule is O/N=C1\[C@H]2C=C[C@@H](C2)[C@H]1Cl. The van der Waals surface area contributed by atoms with Gasteiger partial charge in [0.25, 0.3) is 0 Å². The average Bonchev–Trinajstić information content (AvgIpc) is 2.46. The highest BCUT2D eigenvalue weighted by molar-refractivity contribution is 6.34. The van der Waals surface area contributed by atoms with Gasteiger partial charge in [0.1, 0.15) is 0 Å². The summed E-state index contributed by atoms with van der Waals surface area (Å²) >= 11 is 5.93. The number of nitrogens with zero attached hydrogens (tertiary/aromatic N) is 1. The van der Waals surface area contributed by atoms with Crippen LogP contribution in [-0.2, 0) is 0 Å². The number of oxime groups is 1. The molecule has 0 saturated heterocycles. The third-order valence-electron chi connectivity index (χ3n) is 2.27. The number of alkyl halides is 1. The molecule has 1 N–H and O–H groups in total. The van der Waals surface area contributed by atoms with Crippen LogP contribution in [-0.4, -0.2) is 16.3 Å². The maximum atomic E-state index is 8.53. The molecule has 2 bridgehead atoms. The zero-order valence-corrected chi connectivity index (χ0v) is 6.12. The Balaban J connectivity index is 2.34. The molecule has 0 amide bonds. The van der Waals surface area contributed by atoms with Crippen LogP contribution in [0.15, 0.2) is 17.3 Å². The predicted octanol–water partition coefficient (Wildman–Crippen LogP) is 1.63. The Morgan fingerprint density at radius 1 is 1.60 bits per heavy atom. The van der Waals surface area contributed by atoms with E-state index in [-0.39, 0.29) is 5.38 Å². The molecule has 3 heteroatoms. The van der Waals surface area contributed by atoms with Gasteiger partial charge in [0.2, 0.25) is 0 Å². The largest absolute Gasteiger partial charge is 0.411 e. The van der Waals surface area contributed by atoms with Gasteiger partial charge in [-0.15, -0.1) is 11.6 Å². The van der Waals surface area contributed by atoms with E-state index in [2.05, 4.69) is 17.3 Å². The number of allylic oxidation sites excluding steroid dienone is 2. The number of hydrogen-bond acceptors (Lipinski definition) is 2. The lowest BCUT2D eigenvalue weighted by atomic mass is 10.1. The molecule has 0 heterocycles. The fourth-order valence-electron chi connectivity index (χ4n) is 1.72. The second-order valence-corrected chi connectivity index (χ2v) is 3.29. The summed E-state index contributed by atoms with van der Waals surface area (Å²) in [6, 6.07) is 0. The lowest BCUT2D eigenvalue weighted by molar-refractivity contribution is 0.316. The van der Waals surface area contributed by atoms with Gasteiger partial charge in [0.15, 0.2) is 0 Å². The van der Waals surface area contributed by atoms with Crippen molar-refractivity contribution in [2.75, 3.05) is 0 Å². The minimum atomic E-state index is -0.0556.